The van der Waals surface area contributed by atoms with Gasteiger partial charge in [-0.3, -0.25) is 0 Å². The normalized spacial score (nSPS) is 8.39. The van der Waals surface area contributed by atoms with Crippen LogP contribution in [0.4, 0.5) is 0 Å². The maximum absolute atomic E-state index is 5.05. The molecule has 0 radical (unpaired) electrons. The van der Waals surface area contributed by atoms with Gasteiger partial charge < -0.3 is 9.47 Å². The first kappa shape index (κ1) is 24.8. The number of rotatable bonds is 4. The van der Waals surface area contributed by atoms with Gasteiger partial charge in [0.15, 0.2) is 0 Å². The number of methoxy groups -OCH3 is 2. The fourth-order valence-electron chi connectivity index (χ4n) is 1.71. The molecule has 0 unspecified atom stereocenters. The van der Waals surface area contributed by atoms with Gasteiger partial charge in [-0.2, -0.15) is 24.6 Å². The second-order valence-corrected chi connectivity index (χ2v) is 4.45. The molecule has 0 bridgehead atoms. The van der Waals surface area contributed by atoms with Gasteiger partial charge in [0, 0.05) is 0 Å². The number of hydrogen-bond acceptors (Lipinski definition) is 2. The molecule has 0 aromatic heterocycles. The Labute approximate surface area is 185 Å². The first-order chi connectivity index (χ1) is 10.7. The van der Waals surface area contributed by atoms with Gasteiger partial charge in [0.25, 0.3) is 0 Å². The summed E-state index contributed by atoms with van der Waals surface area (Å²) in [5, 5.41) is 0. The summed E-state index contributed by atoms with van der Waals surface area (Å²) in [5.74, 6) is 1.81. The third-order valence-electron chi connectivity index (χ3n) is 2.86. The average Bonchev–Trinajstić information content (AvgIpc) is 2.59. The van der Waals surface area contributed by atoms with Gasteiger partial charge >= 0.3 is 51.4 Å². The van der Waals surface area contributed by atoms with E-state index in [4.69, 9.17) is 9.47 Å². The summed E-state index contributed by atoms with van der Waals surface area (Å²) in [6.45, 7) is 9.93. The van der Waals surface area contributed by atoms with Gasteiger partial charge in [0.05, 0.1) is 20.0 Å². The van der Waals surface area contributed by atoms with E-state index < -0.39 is 0 Å². The van der Waals surface area contributed by atoms with Crippen LogP contribution in [0.3, 0.4) is 0 Å². The zero-order chi connectivity index (χ0) is 16.8. The van der Waals surface area contributed by atoms with Crippen LogP contribution >= 0.6 is 0 Å². The number of ether oxygens (including phenoxy) is 2. The van der Waals surface area contributed by atoms with Crippen LogP contribution in [-0.4, -0.2) is 14.2 Å². The molecule has 0 saturated carbocycles. The third-order valence-corrected chi connectivity index (χ3v) is 2.86. The predicted octanol–water partition coefficient (Wildman–Crippen LogP) is 2.56. The molecular weight excluding hydrogens is 311 g/mol. The van der Waals surface area contributed by atoms with Crippen molar-refractivity contribution in [3.63, 3.8) is 0 Å². The Hall–Kier alpha value is -0.454. The average molecular weight is 341 g/mol. The molecule has 0 heterocycles. The van der Waals surface area contributed by atoms with Crippen molar-refractivity contribution >= 4 is 0 Å². The Morgan fingerprint density at radius 2 is 1.17 bits per heavy atom. The van der Waals surface area contributed by atoms with Gasteiger partial charge in [-0.15, -0.1) is 0 Å². The minimum absolute atomic E-state index is 0. The first-order valence-electron chi connectivity index (χ1n) is 7.78. The molecule has 122 valence electrons. The molecule has 3 heteroatoms. The van der Waals surface area contributed by atoms with Crippen LogP contribution in [0.5, 0.6) is 11.5 Å². The minimum atomic E-state index is 0. The second kappa shape index (κ2) is 16.4. The van der Waals surface area contributed by atoms with E-state index in [1.54, 1.807) is 14.2 Å². The molecule has 0 atom stereocenters. The molecule has 0 aliphatic carbocycles. The SMILES string of the molecule is CC.CCCc1ccc(OC)cc1.[CH2-]c1ccc(OC)cc1.[K+]. The molecule has 0 aliphatic rings. The van der Waals surface area contributed by atoms with Gasteiger partial charge in [-0.25, -0.2) is 0 Å². The third kappa shape index (κ3) is 11.7. The van der Waals surface area contributed by atoms with Gasteiger partial charge in [0.1, 0.15) is 5.75 Å². The Kier molecular flexibility index (Phi) is 17.7. The monoisotopic (exact) mass is 340 g/mol. The fraction of sp³-hybridized carbons (Fsp3) is 0.350. The Morgan fingerprint density at radius 3 is 1.52 bits per heavy atom. The Balaban J connectivity index is 0. The van der Waals surface area contributed by atoms with Crippen LogP contribution in [0.2, 0.25) is 0 Å². The van der Waals surface area contributed by atoms with Crippen molar-refractivity contribution in [3.8, 4) is 11.5 Å². The quantitative estimate of drug-likeness (QED) is 0.629. The summed E-state index contributed by atoms with van der Waals surface area (Å²) in [4.78, 5) is 0. The molecule has 2 rings (SSSR count). The van der Waals surface area contributed by atoms with Gasteiger partial charge in [0.2, 0.25) is 0 Å². The molecule has 2 aromatic rings. The molecule has 2 nitrogen and oxygen atoms in total. The smallest absolute Gasteiger partial charge is 0.499 e. The van der Waals surface area contributed by atoms with E-state index in [1.165, 1.54) is 12.0 Å². The second-order valence-electron chi connectivity index (χ2n) is 4.45. The Bertz CT molecular complexity index is 478. The maximum atomic E-state index is 5.05. The zero-order valence-electron chi connectivity index (χ0n) is 15.6. The number of hydrogen-bond donors (Lipinski definition) is 0. The van der Waals surface area contributed by atoms with E-state index in [2.05, 4.69) is 26.0 Å². The van der Waals surface area contributed by atoms with Crippen LogP contribution in [0.15, 0.2) is 48.5 Å². The zero-order valence-corrected chi connectivity index (χ0v) is 18.7. The van der Waals surface area contributed by atoms with Crippen molar-refractivity contribution in [3.05, 3.63) is 66.6 Å². The minimum Gasteiger partial charge on any atom is -0.499 e. The van der Waals surface area contributed by atoms with Gasteiger partial charge in [-0.1, -0.05) is 51.5 Å². The summed E-state index contributed by atoms with van der Waals surface area (Å²) < 4.78 is 9.99. The molecule has 0 spiro atoms. The first-order valence-corrected chi connectivity index (χ1v) is 7.78. The van der Waals surface area contributed by atoms with E-state index in [0.29, 0.717) is 0 Å². The Morgan fingerprint density at radius 1 is 0.783 bits per heavy atom. The largest absolute Gasteiger partial charge is 1.00 e. The molecule has 0 saturated heterocycles. The van der Waals surface area contributed by atoms with Crippen molar-refractivity contribution in [1.29, 1.82) is 0 Å². The fourth-order valence-corrected chi connectivity index (χ4v) is 1.71. The van der Waals surface area contributed by atoms with E-state index in [0.717, 1.165) is 23.5 Å². The van der Waals surface area contributed by atoms with Crippen LogP contribution in [0.1, 0.15) is 38.3 Å². The van der Waals surface area contributed by atoms with E-state index in [-0.39, 0.29) is 51.4 Å². The predicted molar refractivity (Wildman–Crippen MR) is 95.8 cm³/mol. The van der Waals surface area contributed by atoms with E-state index >= 15 is 0 Å². The molecule has 0 fully saturated rings. The van der Waals surface area contributed by atoms with Crippen molar-refractivity contribution < 1.29 is 60.9 Å². The van der Waals surface area contributed by atoms with Crippen LogP contribution in [0.25, 0.3) is 0 Å². The molecular formula is C20H29KO2. The number of benzene rings is 2. The van der Waals surface area contributed by atoms with E-state index in [9.17, 15) is 0 Å². The molecule has 23 heavy (non-hydrogen) atoms. The molecule has 0 amide bonds. The van der Waals surface area contributed by atoms with Crippen LogP contribution in [-0.2, 0) is 6.42 Å². The van der Waals surface area contributed by atoms with Crippen molar-refractivity contribution in [1.82, 2.24) is 0 Å². The summed E-state index contributed by atoms with van der Waals surface area (Å²) in [5.41, 5.74) is 2.39. The summed E-state index contributed by atoms with van der Waals surface area (Å²) in [6, 6.07) is 15.9. The topological polar surface area (TPSA) is 18.5 Å². The summed E-state index contributed by atoms with van der Waals surface area (Å²) >= 11 is 0. The summed E-state index contributed by atoms with van der Waals surface area (Å²) in [6.07, 6.45) is 2.36. The maximum Gasteiger partial charge on any atom is 1.00 e. The van der Waals surface area contributed by atoms with Gasteiger partial charge in [-0.05, 0) is 24.1 Å². The van der Waals surface area contributed by atoms with Crippen molar-refractivity contribution in [2.45, 2.75) is 33.6 Å². The van der Waals surface area contributed by atoms with Crippen molar-refractivity contribution in [2.24, 2.45) is 0 Å². The van der Waals surface area contributed by atoms with Crippen LogP contribution in [0, 0.1) is 6.92 Å². The van der Waals surface area contributed by atoms with Crippen LogP contribution < -0.4 is 60.9 Å². The van der Waals surface area contributed by atoms with E-state index in [1.807, 2.05) is 50.2 Å². The number of aryl methyl sites for hydroxylation is 1. The standard InChI is InChI=1S/C10H14O.C8H9O.C2H6.K/c1-3-4-9-5-7-10(11-2)8-6-9;1-7-3-5-8(9-2)6-4-7;1-2;/h5-8H,3-4H2,1-2H3;3-6H,1H2,2H3;1-2H3;/q;-1;;+1. The molecule has 0 N–H and O–H groups in total. The molecule has 2 aromatic carbocycles. The summed E-state index contributed by atoms with van der Waals surface area (Å²) in [7, 11) is 3.34. The van der Waals surface area contributed by atoms with Crippen molar-refractivity contribution in [2.75, 3.05) is 14.2 Å². The molecule has 0 aliphatic heterocycles.